The summed E-state index contributed by atoms with van der Waals surface area (Å²) in [6.07, 6.45) is 5.17. The molecule has 0 unspecified atom stereocenters. The van der Waals surface area contributed by atoms with Gasteiger partial charge in [0.25, 0.3) is 5.91 Å². The second-order valence-electron chi connectivity index (χ2n) is 3.19. The van der Waals surface area contributed by atoms with Gasteiger partial charge in [-0.3, -0.25) is 4.79 Å². The Morgan fingerprint density at radius 1 is 1.50 bits per heavy atom. The van der Waals surface area contributed by atoms with Crippen LogP contribution in [0.15, 0.2) is 22.9 Å². The Labute approximate surface area is 88.8 Å². The Kier molecular flexibility index (Phi) is 4.07. The lowest BCUT2D eigenvalue weighted by atomic mass is 10.3. The zero-order valence-electron chi connectivity index (χ0n) is 8.74. The Bertz CT molecular complexity index is 280. The minimum absolute atomic E-state index is 0.0667. The predicted molar refractivity (Wildman–Crippen MR) is 58.7 cm³/mol. The Balaban J connectivity index is 2.77. The molecule has 0 spiro atoms. The summed E-state index contributed by atoms with van der Waals surface area (Å²) in [5, 5.41) is 0. The highest BCUT2D eigenvalue weighted by molar-refractivity contribution is 8.03. The lowest BCUT2D eigenvalue weighted by molar-refractivity contribution is -0.125. The molecular formula is C10H15NO2S. The molecule has 1 aliphatic rings. The first-order valence-corrected chi connectivity index (χ1v) is 5.70. The molecule has 0 aliphatic carbocycles. The molecule has 0 N–H and O–H groups in total. The third kappa shape index (κ3) is 2.54. The van der Waals surface area contributed by atoms with Crippen LogP contribution in [0.25, 0.3) is 0 Å². The summed E-state index contributed by atoms with van der Waals surface area (Å²) in [5.74, 6) is 0.0667. The van der Waals surface area contributed by atoms with E-state index < -0.39 is 0 Å². The van der Waals surface area contributed by atoms with Crippen LogP contribution in [0, 0.1) is 0 Å². The maximum absolute atomic E-state index is 11.9. The van der Waals surface area contributed by atoms with E-state index in [-0.39, 0.29) is 5.91 Å². The smallest absolute Gasteiger partial charge is 0.264 e. The lowest BCUT2D eigenvalue weighted by Crippen LogP contribution is -2.32. The number of carbonyl (C=O) groups is 1. The largest absolute Gasteiger partial charge is 0.498 e. The molecule has 0 aromatic carbocycles. The minimum Gasteiger partial charge on any atom is -0.498 e. The Morgan fingerprint density at radius 3 is 2.64 bits per heavy atom. The first-order valence-electron chi connectivity index (χ1n) is 4.47. The second-order valence-corrected chi connectivity index (χ2v) is 4.00. The number of ether oxygens (including phenoxy) is 1. The molecular weight excluding hydrogens is 198 g/mol. The molecule has 1 amide bonds. The van der Waals surface area contributed by atoms with Crippen molar-refractivity contribution in [3.63, 3.8) is 0 Å². The minimum atomic E-state index is 0.0667. The highest BCUT2D eigenvalue weighted by Crippen LogP contribution is 2.20. The zero-order valence-corrected chi connectivity index (χ0v) is 9.56. The van der Waals surface area contributed by atoms with Crippen LogP contribution in [0.1, 0.15) is 13.8 Å². The fourth-order valence-electron chi connectivity index (χ4n) is 1.22. The van der Waals surface area contributed by atoms with E-state index in [4.69, 9.17) is 4.74 Å². The van der Waals surface area contributed by atoms with E-state index in [1.165, 1.54) is 11.8 Å². The third-order valence-electron chi connectivity index (χ3n) is 1.90. The maximum Gasteiger partial charge on any atom is 0.264 e. The molecule has 0 saturated carbocycles. The lowest BCUT2D eigenvalue weighted by Gasteiger charge is -2.22. The fraction of sp³-hybridized carbons (Fsp3) is 0.500. The average molecular weight is 213 g/mol. The summed E-state index contributed by atoms with van der Waals surface area (Å²) >= 11 is 1.49. The van der Waals surface area contributed by atoms with Crippen LogP contribution in [-0.2, 0) is 9.53 Å². The van der Waals surface area contributed by atoms with Crippen molar-refractivity contribution in [2.24, 2.45) is 0 Å². The molecule has 1 rings (SSSR count). The van der Waals surface area contributed by atoms with Crippen LogP contribution in [0.5, 0.6) is 0 Å². The standard InChI is InChI=1S/C10H15NO2S/c1-8(2)9(14-3)10(12)11-4-6-13-7-5-11/h4,6H,5,7H2,1-3H3. The van der Waals surface area contributed by atoms with Crippen molar-refractivity contribution in [2.45, 2.75) is 13.8 Å². The monoisotopic (exact) mass is 213 g/mol. The van der Waals surface area contributed by atoms with E-state index in [1.807, 2.05) is 20.1 Å². The molecule has 0 aromatic heterocycles. The number of nitrogens with zero attached hydrogens (tertiary/aromatic N) is 1. The van der Waals surface area contributed by atoms with E-state index in [9.17, 15) is 4.79 Å². The quantitative estimate of drug-likeness (QED) is 0.657. The summed E-state index contributed by atoms with van der Waals surface area (Å²) < 4.78 is 5.03. The molecule has 1 heterocycles. The van der Waals surface area contributed by atoms with Crippen LogP contribution in [-0.4, -0.2) is 30.2 Å². The second kappa shape index (κ2) is 5.10. The van der Waals surface area contributed by atoms with Crippen molar-refractivity contribution in [2.75, 3.05) is 19.4 Å². The first-order chi connectivity index (χ1) is 6.66. The molecule has 0 bridgehead atoms. The van der Waals surface area contributed by atoms with Gasteiger partial charge in [-0.25, -0.2) is 0 Å². The van der Waals surface area contributed by atoms with Crippen LogP contribution in [0.2, 0.25) is 0 Å². The summed E-state index contributed by atoms with van der Waals surface area (Å²) in [5.41, 5.74) is 1.06. The molecule has 0 fully saturated rings. The third-order valence-corrected chi connectivity index (χ3v) is 2.89. The molecule has 1 aliphatic heterocycles. The summed E-state index contributed by atoms with van der Waals surface area (Å²) in [6.45, 7) is 5.11. The van der Waals surface area contributed by atoms with Crippen molar-refractivity contribution in [1.29, 1.82) is 0 Å². The Morgan fingerprint density at radius 2 is 2.21 bits per heavy atom. The molecule has 14 heavy (non-hydrogen) atoms. The van der Waals surface area contributed by atoms with Crippen molar-refractivity contribution >= 4 is 17.7 Å². The van der Waals surface area contributed by atoms with Crippen molar-refractivity contribution < 1.29 is 9.53 Å². The number of thioether (sulfide) groups is 1. The van der Waals surface area contributed by atoms with Crippen LogP contribution in [0.4, 0.5) is 0 Å². The highest BCUT2D eigenvalue weighted by Gasteiger charge is 2.18. The summed E-state index contributed by atoms with van der Waals surface area (Å²) in [6, 6.07) is 0. The van der Waals surface area contributed by atoms with Crippen molar-refractivity contribution in [1.82, 2.24) is 4.90 Å². The zero-order chi connectivity index (χ0) is 10.6. The molecule has 4 heteroatoms. The topological polar surface area (TPSA) is 29.5 Å². The van der Waals surface area contributed by atoms with Gasteiger partial charge in [0.05, 0.1) is 17.7 Å². The van der Waals surface area contributed by atoms with Crippen LogP contribution < -0.4 is 0 Å². The van der Waals surface area contributed by atoms with E-state index in [1.54, 1.807) is 17.4 Å². The van der Waals surface area contributed by atoms with Gasteiger partial charge in [-0.05, 0) is 20.1 Å². The number of amides is 1. The number of rotatable bonds is 2. The van der Waals surface area contributed by atoms with E-state index in [0.717, 1.165) is 10.5 Å². The van der Waals surface area contributed by atoms with Crippen LogP contribution >= 0.6 is 11.8 Å². The van der Waals surface area contributed by atoms with E-state index in [0.29, 0.717) is 13.2 Å². The van der Waals surface area contributed by atoms with Gasteiger partial charge in [0.2, 0.25) is 0 Å². The van der Waals surface area contributed by atoms with Crippen molar-refractivity contribution in [3.05, 3.63) is 22.9 Å². The first kappa shape index (κ1) is 11.2. The molecule has 0 aromatic rings. The van der Waals surface area contributed by atoms with Gasteiger partial charge in [0, 0.05) is 6.20 Å². The van der Waals surface area contributed by atoms with Gasteiger partial charge in [0.15, 0.2) is 0 Å². The molecule has 0 saturated heterocycles. The maximum atomic E-state index is 11.9. The predicted octanol–water partition coefficient (Wildman–Crippen LogP) is 1.97. The fourth-order valence-corrected chi connectivity index (χ4v) is 1.92. The highest BCUT2D eigenvalue weighted by atomic mass is 32.2. The average Bonchev–Trinajstić information content (AvgIpc) is 2.19. The van der Waals surface area contributed by atoms with E-state index >= 15 is 0 Å². The summed E-state index contributed by atoms with van der Waals surface area (Å²) in [7, 11) is 0. The molecule has 0 atom stereocenters. The van der Waals surface area contributed by atoms with Gasteiger partial charge < -0.3 is 9.64 Å². The number of hydrogen-bond donors (Lipinski definition) is 0. The van der Waals surface area contributed by atoms with Crippen LogP contribution in [0.3, 0.4) is 0 Å². The van der Waals surface area contributed by atoms with Gasteiger partial charge in [-0.2, -0.15) is 0 Å². The molecule has 78 valence electrons. The van der Waals surface area contributed by atoms with Gasteiger partial charge >= 0.3 is 0 Å². The summed E-state index contributed by atoms with van der Waals surface area (Å²) in [4.78, 5) is 14.4. The van der Waals surface area contributed by atoms with Gasteiger partial charge in [-0.15, -0.1) is 11.8 Å². The molecule has 3 nitrogen and oxygen atoms in total. The van der Waals surface area contributed by atoms with E-state index in [2.05, 4.69) is 0 Å². The van der Waals surface area contributed by atoms with Gasteiger partial charge in [0.1, 0.15) is 6.61 Å². The van der Waals surface area contributed by atoms with Gasteiger partial charge in [-0.1, -0.05) is 5.57 Å². The number of carbonyl (C=O) groups excluding carboxylic acids is 1. The Hall–Kier alpha value is -0.900. The number of hydrogen-bond acceptors (Lipinski definition) is 3. The normalized spacial score (nSPS) is 14.9. The number of allylic oxidation sites excluding steroid dienone is 1. The van der Waals surface area contributed by atoms with Crippen molar-refractivity contribution in [3.8, 4) is 0 Å². The molecule has 0 radical (unpaired) electrons. The SMILES string of the molecule is CSC(C(=O)N1C=COCC1)=C(C)C.